The van der Waals surface area contributed by atoms with E-state index in [9.17, 15) is 9.59 Å². The predicted octanol–water partition coefficient (Wildman–Crippen LogP) is 1.65. The molecular formula is C21H28ClN4O2+. The standard InChI is InChI=1S/C21H27ClN4O2/c1-14-17(22)7-6-8-18(14)24-21(28)20(27)23-13-19(26(4)5)15-9-11-16(12-10-15)25(2)3/h6-12,19H,13H2,1-5H3,(H,23,27)(H,24,28)/p+1/t19-/m1/s1. The van der Waals surface area contributed by atoms with Gasteiger partial charge in [0.25, 0.3) is 0 Å². The van der Waals surface area contributed by atoms with Crippen molar-refractivity contribution >= 4 is 34.8 Å². The molecule has 0 aliphatic heterocycles. The largest absolute Gasteiger partial charge is 0.378 e. The summed E-state index contributed by atoms with van der Waals surface area (Å²) >= 11 is 6.06. The van der Waals surface area contributed by atoms with Crippen LogP contribution in [0.5, 0.6) is 0 Å². The van der Waals surface area contributed by atoms with Gasteiger partial charge in [-0.15, -0.1) is 0 Å². The molecule has 0 aromatic heterocycles. The van der Waals surface area contributed by atoms with Crippen LogP contribution in [0.15, 0.2) is 42.5 Å². The van der Waals surface area contributed by atoms with E-state index in [1.165, 1.54) is 0 Å². The topological polar surface area (TPSA) is 65.9 Å². The Balaban J connectivity index is 2.01. The minimum absolute atomic E-state index is 0.0286. The minimum atomic E-state index is -0.708. The van der Waals surface area contributed by atoms with Crippen molar-refractivity contribution in [1.82, 2.24) is 5.32 Å². The highest BCUT2D eigenvalue weighted by Crippen LogP contribution is 2.22. The number of nitrogens with one attached hydrogen (secondary N) is 3. The lowest BCUT2D eigenvalue weighted by atomic mass is 10.1. The summed E-state index contributed by atoms with van der Waals surface area (Å²) in [6.45, 7) is 2.14. The van der Waals surface area contributed by atoms with Gasteiger partial charge in [-0.1, -0.05) is 29.8 Å². The Bertz CT molecular complexity index is 835. The van der Waals surface area contributed by atoms with Crippen LogP contribution in [0.25, 0.3) is 0 Å². The van der Waals surface area contributed by atoms with Crippen molar-refractivity contribution in [2.24, 2.45) is 0 Å². The molecule has 2 aromatic rings. The molecule has 0 fully saturated rings. The normalized spacial score (nSPS) is 11.8. The van der Waals surface area contributed by atoms with E-state index in [0.717, 1.165) is 21.7 Å². The number of nitrogens with zero attached hydrogens (tertiary/aromatic N) is 1. The van der Waals surface area contributed by atoms with Crippen LogP contribution in [0.4, 0.5) is 11.4 Å². The lowest BCUT2D eigenvalue weighted by molar-refractivity contribution is -0.890. The summed E-state index contributed by atoms with van der Waals surface area (Å²) in [5.41, 5.74) is 3.46. The molecule has 3 N–H and O–H groups in total. The zero-order chi connectivity index (χ0) is 20.8. The van der Waals surface area contributed by atoms with Gasteiger partial charge >= 0.3 is 11.8 Å². The maximum atomic E-state index is 12.3. The Kier molecular flexibility index (Phi) is 7.43. The van der Waals surface area contributed by atoms with E-state index in [1.54, 1.807) is 25.1 Å². The van der Waals surface area contributed by atoms with Crippen molar-refractivity contribution in [2.45, 2.75) is 13.0 Å². The number of halogens is 1. The number of amides is 2. The zero-order valence-corrected chi connectivity index (χ0v) is 17.7. The Morgan fingerprint density at radius 3 is 2.29 bits per heavy atom. The Morgan fingerprint density at radius 2 is 1.71 bits per heavy atom. The van der Waals surface area contributed by atoms with Crippen molar-refractivity contribution in [1.29, 1.82) is 0 Å². The Morgan fingerprint density at radius 1 is 1.07 bits per heavy atom. The molecule has 2 amide bonds. The summed E-state index contributed by atoms with van der Waals surface area (Å²) in [5.74, 6) is -1.38. The Labute approximate surface area is 171 Å². The van der Waals surface area contributed by atoms with E-state index < -0.39 is 11.8 Å². The van der Waals surface area contributed by atoms with Gasteiger partial charge in [0.1, 0.15) is 6.04 Å². The highest BCUT2D eigenvalue weighted by Gasteiger charge is 2.22. The maximum Gasteiger partial charge on any atom is 0.313 e. The SMILES string of the molecule is Cc1c(Cl)cccc1NC(=O)C(=O)NC[C@H](c1ccc(N(C)C)cc1)[NH+](C)C. The molecule has 0 spiro atoms. The van der Waals surface area contributed by atoms with Crippen molar-refractivity contribution < 1.29 is 14.5 Å². The molecule has 150 valence electrons. The molecule has 7 heteroatoms. The zero-order valence-electron chi connectivity index (χ0n) is 17.0. The summed E-state index contributed by atoms with van der Waals surface area (Å²) < 4.78 is 0. The number of carbonyl (C=O) groups is 2. The third-order valence-corrected chi connectivity index (χ3v) is 5.11. The number of benzene rings is 2. The number of quaternary nitrogens is 1. The van der Waals surface area contributed by atoms with Gasteiger partial charge in [-0.25, -0.2) is 0 Å². The quantitative estimate of drug-likeness (QED) is 0.642. The lowest BCUT2D eigenvalue weighted by Crippen LogP contribution is -3.07. The van der Waals surface area contributed by atoms with Gasteiger partial charge in [0, 0.05) is 36.1 Å². The van der Waals surface area contributed by atoms with Gasteiger partial charge in [0.2, 0.25) is 0 Å². The third kappa shape index (κ3) is 5.47. The van der Waals surface area contributed by atoms with Gasteiger partial charge in [-0.2, -0.15) is 0 Å². The molecule has 1 atom stereocenters. The van der Waals surface area contributed by atoms with E-state index in [-0.39, 0.29) is 6.04 Å². The molecule has 2 rings (SSSR count). The number of rotatable bonds is 6. The molecule has 0 radical (unpaired) electrons. The molecule has 2 aromatic carbocycles. The summed E-state index contributed by atoms with van der Waals surface area (Å²) in [6, 6.07) is 13.4. The second-order valence-electron chi connectivity index (χ2n) is 7.19. The van der Waals surface area contributed by atoms with E-state index in [0.29, 0.717) is 17.3 Å². The van der Waals surface area contributed by atoms with Gasteiger partial charge in [-0.05, 0) is 36.8 Å². The van der Waals surface area contributed by atoms with Gasteiger partial charge < -0.3 is 20.4 Å². The highest BCUT2D eigenvalue weighted by molar-refractivity contribution is 6.40. The fraction of sp³-hybridized carbons (Fsp3) is 0.333. The van der Waals surface area contributed by atoms with Crippen LogP contribution in [-0.2, 0) is 9.59 Å². The molecule has 0 aliphatic rings. The fourth-order valence-electron chi connectivity index (χ4n) is 2.86. The molecule has 0 saturated carbocycles. The van der Waals surface area contributed by atoms with Crippen molar-refractivity contribution in [3.63, 3.8) is 0 Å². The molecule has 6 nitrogen and oxygen atoms in total. The second kappa shape index (κ2) is 9.57. The van der Waals surface area contributed by atoms with Crippen LogP contribution in [-0.4, -0.2) is 46.5 Å². The van der Waals surface area contributed by atoms with Crippen LogP contribution in [0.1, 0.15) is 17.2 Å². The van der Waals surface area contributed by atoms with Gasteiger partial charge in [-0.3, -0.25) is 9.59 Å². The van der Waals surface area contributed by atoms with Gasteiger partial charge in [0.05, 0.1) is 20.6 Å². The third-order valence-electron chi connectivity index (χ3n) is 4.70. The van der Waals surface area contributed by atoms with E-state index in [1.807, 2.05) is 45.2 Å². The summed E-state index contributed by atoms with van der Waals surface area (Å²) in [6.07, 6.45) is 0. The Hall–Kier alpha value is -2.57. The first-order valence-corrected chi connectivity index (χ1v) is 9.50. The monoisotopic (exact) mass is 403 g/mol. The number of carbonyl (C=O) groups excluding carboxylic acids is 2. The predicted molar refractivity (Wildman–Crippen MR) is 114 cm³/mol. The van der Waals surface area contributed by atoms with Crippen LogP contribution >= 0.6 is 11.6 Å². The summed E-state index contributed by atoms with van der Waals surface area (Å²) in [7, 11) is 8.02. The van der Waals surface area contributed by atoms with Crippen LogP contribution in [0.3, 0.4) is 0 Å². The maximum absolute atomic E-state index is 12.3. The molecule has 0 aliphatic carbocycles. The van der Waals surface area contributed by atoms with Crippen molar-refractivity contribution in [3.8, 4) is 0 Å². The van der Waals surface area contributed by atoms with E-state index in [4.69, 9.17) is 11.6 Å². The summed E-state index contributed by atoms with van der Waals surface area (Å²) in [4.78, 5) is 27.7. The number of hydrogen-bond acceptors (Lipinski definition) is 3. The molecule has 28 heavy (non-hydrogen) atoms. The van der Waals surface area contributed by atoms with Crippen LogP contribution in [0.2, 0.25) is 5.02 Å². The molecule has 0 saturated heterocycles. The lowest BCUT2D eigenvalue weighted by Gasteiger charge is -2.23. The molecular weight excluding hydrogens is 376 g/mol. The van der Waals surface area contributed by atoms with Crippen LogP contribution < -0.4 is 20.4 Å². The molecule has 0 heterocycles. The van der Waals surface area contributed by atoms with E-state index >= 15 is 0 Å². The van der Waals surface area contributed by atoms with Crippen LogP contribution in [0, 0.1) is 6.92 Å². The molecule has 0 unspecified atom stereocenters. The number of likely N-dealkylation sites (N-methyl/N-ethyl adjacent to an activating group) is 1. The first-order valence-electron chi connectivity index (χ1n) is 9.12. The fourth-order valence-corrected chi connectivity index (χ4v) is 3.03. The number of anilines is 2. The second-order valence-corrected chi connectivity index (χ2v) is 7.60. The van der Waals surface area contributed by atoms with Gasteiger partial charge in [0.15, 0.2) is 0 Å². The highest BCUT2D eigenvalue weighted by atomic mass is 35.5. The van der Waals surface area contributed by atoms with Crippen molar-refractivity contribution in [2.75, 3.05) is 45.0 Å². The average Bonchev–Trinajstić information content (AvgIpc) is 2.65. The number of hydrogen-bond donors (Lipinski definition) is 3. The van der Waals surface area contributed by atoms with E-state index in [2.05, 4.69) is 22.8 Å². The molecule has 0 bridgehead atoms. The minimum Gasteiger partial charge on any atom is -0.378 e. The smallest absolute Gasteiger partial charge is 0.313 e. The first kappa shape index (κ1) is 21.7. The first-order chi connectivity index (χ1) is 13.2. The average molecular weight is 404 g/mol. The van der Waals surface area contributed by atoms with Crippen molar-refractivity contribution in [3.05, 3.63) is 58.6 Å². The summed E-state index contributed by atoms with van der Waals surface area (Å²) in [5, 5.41) is 5.89.